The van der Waals surface area contributed by atoms with Crippen LogP contribution in [0.15, 0.2) is 48.5 Å². The van der Waals surface area contributed by atoms with Gasteiger partial charge in [-0.25, -0.2) is 8.42 Å². The van der Waals surface area contributed by atoms with Crippen molar-refractivity contribution in [3.05, 3.63) is 65.2 Å². The van der Waals surface area contributed by atoms with Crippen LogP contribution in [0, 0.1) is 6.92 Å². The summed E-state index contributed by atoms with van der Waals surface area (Å²) in [5.74, 6) is 0.0299. The number of carbonyl (C=O) groups excluding carboxylic acids is 1. The van der Waals surface area contributed by atoms with Crippen LogP contribution >= 0.6 is 0 Å². The van der Waals surface area contributed by atoms with Crippen molar-refractivity contribution in [3.8, 4) is 0 Å². The smallest absolute Gasteiger partial charge is 0.251 e. The molecule has 1 N–H and O–H groups in total. The average molecular weight is 387 g/mol. The third-order valence-electron chi connectivity index (χ3n) is 5.04. The zero-order valence-electron chi connectivity index (χ0n) is 15.8. The number of anilines is 1. The van der Waals surface area contributed by atoms with Crippen molar-refractivity contribution in [1.82, 2.24) is 5.32 Å². The fraction of sp³-hybridized carbons (Fsp3) is 0.381. The molecule has 0 aliphatic carbocycles. The summed E-state index contributed by atoms with van der Waals surface area (Å²) in [5.41, 5.74) is 3.41. The summed E-state index contributed by atoms with van der Waals surface area (Å²) in [6, 6.07) is 14.8. The first-order valence-electron chi connectivity index (χ1n) is 9.39. The molecule has 1 aliphatic rings. The van der Waals surface area contributed by atoms with E-state index in [9.17, 15) is 13.2 Å². The van der Waals surface area contributed by atoms with Gasteiger partial charge >= 0.3 is 0 Å². The van der Waals surface area contributed by atoms with Crippen molar-refractivity contribution >= 4 is 21.6 Å². The molecule has 0 unspecified atom stereocenters. The van der Waals surface area contributed by atoms with Crippen LogP contribution in [0.3, 0.4) is 0 Å². The molecule has 1 fully saturated rings. The molecular formula is C21H26N2O3S. The molecule has 144 valence electrons. The molecular weight excluding hydrogens is 360 g/mol. The lowest BCUT2D eigenvalue weighted by Crippen LogP contribution is -2.37. The highest BCUT2D eigenvalue weighted by atomic mass is 32.2. The van der Waals surface area contributed by atoms with Crippen LogP contribution in [0.25, 0.3) is 0 Å². The first-order chi connectivity index (χ1) is 12.9. The Kier molecular flexibility index (Phi) is 5.85. The van der Waals surface area contributed by atoms with Gasteiger partial charge in [0.2, 0.25) is 10.0 Å². The highest BCUT2D eigenvalue weighted by molar-refractivity contribution is 7.92. The second kappa shape index (κ2) is 8.13. The van der Waals surface area contributed by atoms with Gasteiger partial charge in [-0.2, -0.15) is 0 Å². The number of hydrogen-bond donors (Lipinski definition) is 1. The second-order valence-electron chi connectivity index (χ2n) is 6.93. The van der Waals surface area contributed by atoms with Gasteiger partial charge in [0, 0.05) is 12.1 Å². The van der Waals surface area contributed by atoms with Gasteiger partial charge in [-0.05, 0) is 61.6 Å². The highest BCUT2D eigenvalue weighted by Gasteiger charge is 2.26. The maximum absolute atomic E-state index is 12.7. The predicted molar refractivity (Wildman–Crippen MR) is 108 cm³/mol. The standard InChI is InChI=1S/C21H26N2O3S/c1-3-20(19-9-5-4-8-16(19)2)22-21(24)17-10-12-18(13-11-17)23-14-6-7-15-27(23,25)26/h4-5,8-13,20H,3,6-7,14-15H2,1-2H3,(H,22,24)/t20-/m0/s1. The summed E-state index contributed by atoms with van der Waals surface area (Å²) in [4.78, 5) is 12.7. The lowest BCUT2D eigenvalue weighted by molar-refractivity contribution is 0.0935. The molecule has 2 aromatic carbocycles. The Morgan fingerprint density at radius 1 is 1.11 bits per heavy atom. The molecule has 0 saturated carbocycles. The van der Waals surface area contributed by atoms with E-state index in [-0.39, 0.29) is 17.7 Å². The van der Waals surface area contributed by atoms with Crippen LogP contribution in [0.4, 0.5) is 5.69 Å². The van der Waals surface area contributed by atoms with E-state index in [2.05, 4.69) is 5.32 Å². The van der Waals surface area contributed by atoms with E-state index in [0.717, 1.165) is 24.0 Å². The minimum Gasteiger partial charge on any atom is -0.345 e. The van der Waals surface area contributed by atoms with Crippen LogP contribution in [-0.2, 0) is 10.0 Å². The van der Waals surface area contributed by atoms with Crippen molar-refractivity contribution in [1.29, 1.82) is 0 Å². The number of sulfonamides is 1. The molecule has 1 atom stereocenters. The average Bonchev–Trinajstić information content (AvgIpc) is 2.66. The van der Waals surface area contributed by atoms with Crippen molar-refractivity contribution in [2.24, 2.45) is 0 Å². The summed E-state index contributed by atoms with van der Waals surface area (Å²) in [5, 5.41) is 3.08. The summed E-state index contributed by atoms with van der Waals surface area (Å²) >= 11 is 0. The fourth-order valence-electron chi connectivity index (χ4n) is 3.48. The Balaban J connectivity index is 1.75. The Bertz CT molecular complexity index is 907. The zero-order chi connectivity index (χ0) is 19.4. The van der Waals surface area contributed by atoms with Gasteiger partial charge in [0.1, 0.15) is 0 Å². The van der Waals surface area contributed by atoms with Crippen LogP contribution < -0.4 is 9.62 Å². The molecule has 1 saturated heterocycles. The molecule has 6 heteroatoms. The van der Waals surface area contributed by atoms with E-state index in [1.807, 2.05) is 38.1 Å². The number of benzene rings is 2. The molecule has 27 heavy (non-hydrogen) atoms. The van der Waals surface area contributed by atoms with Crippen LogP contribution in [0.5, 0.6) is 0 Å². The molecule has 0 radical (unpaired) electrons. The number of carbonyl (C=O) groups is 1. The van der Waals surface area contributed by atoms with E-state index in [4.69, 9.17) is 0 Å². The maximum Gasteiger partial charge on any atom is 0.251 e. The lowest BCUT2D eigenvalue weighted by atomic mass is 9.99. The quantitative estimate of drug-likeness (QED) is 0.850. The third kappa shape index (κ3) is 4.33. The molecule has 3 rings (SSSR count). The summed E-state index contributed by atoms with van der Waals surface area (Å²) in [6.07, 6.45) is 2.35. The SMILES string of the molecule is CC[C@H](NC(=O)c1ccc(N2CCCCS2(=O)=O)cc1)c1ccccc1C. The van der Waals surface area contributed by atoms with Gasteiger partial charge in [0.05, 0.1) is 17.5 Å². The topological polar surface area (TPSA) is 66.5 Å². The fourth-order valence-corrected chi connectivity index (χ4v) is 5.12. The molecule has 0 bridgehead atoms. The van der Waals surface area contributed by atoms with Gasteiger partial charge in [0.15, 0.2) is 0 Å². The summed E-state index contributed by atoms with van der Waals surface area (Å²) in [7, 11) is -3.24. The van der Waals surface area contributed by atoms with Gasteiger partial charge in [-0.1, -0.05) is 31.2 Å². The first kappa shape index (κ1) is 19.4. The number of rotatable bonds is 5. The zero-order valence-corrected chi connectivity index (χ0v) is 16.6. The van der Waals surface area contributed by atoms with E-state index >= 15 is 0 Å². The number of amides is 1. The van der Waals surface area contributed by atoms with Crippen LogP contribution in [0.1, 0.15) is 53.7 Å². The minimum atomic E-state index is -3.24. The van der Waals surface area contributed by atoms with Crippen molar-refractivity contribution in [2.75, 3.05) is 16.6 Å². The van der Waals surface area contributed by atoms with E-state index in [1.165, 1.54) is 4.31 Å². The van der Waals surface area contributed by atoms with Gasteiger partial charge in [0.25, 0.3) is 5.91 Å². The van der Waals surface area contributed by atoms with E-state index in [1.54, 1.807) is 24.3 Å². The summed E-state index contributed by atoms with van der Waals surface area (Å²) in [6.45, 7) is 4.58. The van der Waals surface area contributed by atoms with Gasteiger partial charge < -0.3 is 5.32 Å². The van der Waals surface area contributed by atoms with E-state index in [0.29, 0.717) is 24.2 Å². The Labute approximate surface area is 161 Å². The minimum absolute atomic E-state index is 0.0548. The number of nitrogens with zero attached hydrogens (tertiary/aromatic N) is 1. The third-order valence-corrected chi connectivity index (χ3v) is 6.91. The number of nitrogens with one attached hydrogen (secondary N) is 1. The molecule has 1 amide bonds. The monoisotopic (exact) mass is 386 g/mol. The second-order valence-corrected chi connectivity index (χ2v) is 8.95. The van der Waals surface area contributed by atoms with E-state index < -0.39 is 10.0 Å². The molecule has 0 spiro atoms. The highest BCUT2D eigenvalue weighted by Crippen LogP contribution is 2.25. The Morgan fingerprint density at radius 3 is 2.44 bits per heavy atom. The molecule has 2 aromatic rings. The van der Waals surface area contributed by atoms with Crippen molar-refractivity contribution in [3.63, 3.8) is 0 Å². The number of aryl methyl sites for hydroxylation is 1. The Hall–Kier alpha value is -2.34. The molecule has 0 aromatic heterocycles. The van der Waals surface area contributed by atoms with Gasteiger partial charge in [-0.15, -0.1) is 0 Å². The molecule has 1 aliphatic heterocycles. The van der Waals surface area contributed by atoms with Crippen LogP contribution in [-0.4, -0.2) is 26.6 Å². The summed E-state index contributed by atoms with van der Waals surface area (Å²) < 4.78 is 25.9. The largest absolute Gasteiger partial charge is 0.345 e. The van der Waals surface area contributed by atoms with Crippen LogP contribution in [0.2, 0.25) is 0 Å². The van der Waals surface area contributed by atoms with Crippen molar-refractivity contribution in [2.45, 2.75) is 39.2 Å². The predicted octanol–water partition coefficient (Wildman–Crippen LogP) is 3.81. The molecule has 5 nitrogen and oxygen atoms in total. The number of hydrogen-bond acceptors (Lipinski definition) is 3. The van der Waals surface area contributed by atoms with Crippen molar-refractivity contribution < 1.29 is 13.2 Å². The normalized spacial score (nSPS) is 17.3. The Morgan fingerprint density at radius 2 is 1.81 bits per heavy atom. The van der Waals surface area contributed by atoms with Gasteiger partial charge in [-0.3, -0.25) is 9.10 Å². The molecule has 1 heterocycles. The lowest BCUT2D eigenvalue weighted by Gasteiger charge is -2.28. The maximum atomic E-state index is 12.7. The first-order valence-corrected chi connectivity index (χ1v) is 11.0.